The van der Waals surface area contributed by atoms with Crippen molar-refractivity contribution in [3.63, 3.8) is 0 Å². The summed E-state index contributed by atoms with van der Waals surface area (Å²) >= 11 is 5.99. The molecule has 1 unspecified atom stereocenters. The lowest BCUT2D eigenvalue weighted by atomic mass is 9.91. The van der Waals surface area contributed by atoms with Crippen LogP contribution in [-0.4, -0.2) is 13.1 Å². The van der Waals surface area contributed by atoms with Gasteiger partial charge in [-0.05, 0) is 48.4 Å². The standard InChI is InChI=1S/C18H30ClN/c1-14(2)6-5-7-17(13-20-12-15(3)4)16-8-10-18(19)11-9-16/h8-11,14-15,17,20H,5-7,12-13H2,1-4H3. The van der Waals surface area contributed by atoms with Crippen molar-refractivity contribution in [2.75, 3.05) is 13.1 Å². The summed E-state index contributed by atoms with van der Waals surface area (Å²) in [5.74, 6) is 2.10. The van der Waals surface area contributed by atoms with Crippen LogP contribution >= 0.6 is 11.6 Å². The summed E-state index contributed by atoms with van der Waals surface area (Å²) in [6, 6.07) is 8.38. The third-order valence-electron chi connectivity index (χ3n) is 3.62. The normalized spacial score (nSPS) is 13.2. The van der Waals surface area contributed by atoms with E-state index in [0.29, 0.717) is 11.8 Å². The predicted molar refractivity (Wildman–Crippen MR) is 90.6 cm³/mol. The van der Waals surface area contributed by atoms with Gasteiger partial charge in [-0.2, -0.15) is 0 Å². The van der Waals surface area contributed by atoms with Gasteiger partial charge >= 0.3 is 0 Å². The molecule has 0 saturated carbocycles. The molecule has 0 amide bonds. The predicted octanol–water partition coefficient (Wildman–Crippen LogP) is 5.50. The van der Waals surface area contributed by atoms with Crippen molar-refractivity contribution in [3.8, 4) is 0 Å². The molecule has 0 aliphatic rings. The van der Waals surface area contributed by atoms with E-state index in [-0.39, 0.29) is 0 Å². The van der Waals surface area contributed by atoms with Crippen molar-refractivity contribution in [2.45, 2.75) is 52.9 Å². The highest BCUT2D eigenvalue weighted by atomic mass is 35.5. The lowest BCUT2D eigenvalue weighted by Crippen LogP contribution is -2.25. The van der Waals surface area contributed by atoms with Crippen LogP contribution in [0, 0.1) is 11.8 Å². The minimum Gasteiger partial charge on any atom is -0.316 e. The molecule has 1 atom stereocenters. The van der Waals surface area contributed by atoms with Crippen molar-refractivity contribution in [1.82, 2.24) is 5.32 Å². The molecule has 1 aromatic carbocycles. The first-order chi connectivity index (χ1) is 9.49. The Morgan fingerprint density at radius 2 is 1.55 bits per heavy atom. The minimum absolute atomic E-state index is 0.602. The van der Waals surface area contributed by atoms with Crippen LogP contribution in [0.1, 0.15) is 58.4 Å². The van der Waals surface area contributed by atoms with Gasteiger partial charge in [0.05, 0.1) is 0 Å². The molecule has 0 spiro atoms. The van der Waals surface area contributed by atoms with Crippen LogP contribution in [0.25, 0.3) is 0 Å². The van der Waals surface area contributed by atoms with E-state index >= 15 is 0 Å². The maximum absolute atomic E-state index is 5.99. The number of rotatable bonds is 9. The molecule has 0 heterocycles. The van der Waals surface area contributed by atoms with Gasteiger partial charge < -0.3 is 5.32 Å². The largest absolute Gasteiger partial charge is 0.316 e. The Kier molecular flexibility index (Phi) is 8.25. The van der Waals surface area contributed by atoms with E-state index in [4.69, 9.17) is 11.6 Å². The second-order valence-electron chi connectivity index (χ2n) is 6.63. The van der Waals surface area contributed by atoms with Gasteiger partial charge in [-0.25, -0.2) is 0 Å². The van der Waals surface area contributed by atoms with Gasteiger partial charge in [0.2, 0.25) is 0 Å². The number of halogens is 1. The Morgan fingerprint density at radius 3 is 2.10 bits per heavy atom. The van der Waals surface area contributed by atoms with E-state index in [0.717, 1.165) is 24.0 Å². The van der Waals surface area contributed by atoms with E-state index in [1.807, 2.05) is 12.1 Å². The molecule has 20 heavy (non-hydrogen) atoms. The molecule has 1 rings (SSSR count). The van der Waals surface area contributed by atoms with Crippen molar-refractivity contribution in [1.29, 1.82) is 0 Å². The van der Waals surface area contributed by atoms with Crippen LogP contribution in [0.3, 0.4) is 0 Å². The zero-order valence-corrected chi connectivity index (χ0v) is 14.2. The van der Waals surface area contributed by atoms with Crippen LogP contribution in [0.15, 0.2) is 24.3 Å². The highest BCUT2D eigenvalue weighted by Gasteiger charge is 2.12. The summed E-state index contributed by atoms with van der Waals surface area (Å²) in [5, 5.41) is 4.43. The molecule has 0 aromatic heterocycles. The Hall–Kier alpha value is -0.530. The van der Waals surface area contributed by atoms with Crippen molar-refractivity contribution >= 4 is 11.6 Å². The Labute approximate surface area is 130 Å². The summed E-state index contributed by atoms with van der Waals surface area (Å²) in [7, 11) is 0. The average molecular weight is 296 g/mol. The average Bonchev–Trinajstić information content (AvgIpc) is 2.37. The van der Waals surface area contributed by atoms with Gasteiger partial charge in [0.15, 0.2) is 0 Å². The lowest BCUT2D eigenvalue weighted by Gasteiger charge is -2.19. The summed E-state index contributed by atoms with van der Waals surface area (Å²) in [6.07, 6.45) is 3.87. The molecular weight excluding hydrogens is 266 g/mol. The fourth-order valence-electron chi connectivity index (χ4n) is 2.44. The number of hydrogen-bond donors (Lipinski definition) is 1. The topological polar surface area (TPSA) is 12.0 Å². The van der Waals surface area contributed by atoms with Crippen LogP contribution in [-0.2, 0) is 0 Å². The summed E-state index contributed by atoms with van der Waals surface area (Å²) in [5.41, 5.74) is 1.41. The second kappa shape index (κ2) is 9.41. The van der Waals surface area contributed by atoms with E-state index in [1.165, 1.54) is 24.8 Å². The summed E-state index contributed by atoms with van der Waals surface area (Å²) < 4.78 is 0. The number of hydrogen-bond acceptors (Lipinski definition) is 1. The maximum Gasteiger partial charge on any atom is 0.0406 e. The fraction of sp³-hybridized carbons (Fsp3) is 0.667. The SMILES string of the molecule is CC(C)CCCC(CNCC(C)C)c1ccc(Cl)cc1. The smallest absolute Gasteiger partial charge is 0.0406 e. The van der Waals surface area contributed by atoms with E-state index in [2.05, 4.69) is 45.1 Å². The molecule has 2 heteroatoms. The second-order valence-corrected chi connectivity index (χ2v) is 7.06. The van der Waals surface area contributed by atoms with Crippen LogP contribution in [0.5, 0.6) is 0 Å². The van der Waals surface area contributed by atoms with Crippen molar-refractivity contribution in [3.05, 3.63) is 34.9 Å². The molecule has 114 valence electrons. The summed E-state index contributed by atoms with van der Waals surface area (Å²) in [6.45, 7) is 11.3. The zero-order valence-electron chi connectivity index (χ0n) is 13.5. The highest BCUT2D eigenvalue weighted by Crippen LogP contribution is 2.24. The van der Waals surface area contributed by atoms with Gasteiger partial charge in [0, 0.05) is 11.6 Å². The number of nitrogens with one attached hydrogen (secondary N) is 1. The molecule has 0 bridgehead atoms. The molecule has 0 aliphatic carbocycles. The lowest BCUT2D eigenvalue weighted by molar-refractivity contribution is 0.463. The van der Waals surface area contributed by atoms with Crippen LogP contribution < -0.4 is 5.32 Å². The summed E-state index contributed by atoms with van der Waals surface area (Å²) in [4.78, 5) is 0. The molecule has 0 aliphatic heterocycles. The van der Waals surface area contributed by atoms with E-state index in [9.17, 15) is 0 Å². The maximum atomic E-state index is 5.99. The van der Waals surface area contributed by atoms with E-state index in [1.54, 1.807) is 0 Å². The van der Waals surface area contributed by atoms with Gasteiger partial charge in [-0.3, -0.25) is 0 Å². The molecule has 1 nitrogen and oxygen atoms in total. The van der Waals surface area contributed by atoms with Gasteiger partial charge in [-0.1, -0.05) is 64.3 Å². The first kappa shape index (κ1) is 17.5. The Morgan fingerprint density at radius 1 is 0.900 bits per heavy atom. The third kappa shape index (κ3) is 7.31. The first-order valence-corrected chi connectivity index (χ1v) is 8.33. The van der Waals surface area contributed by atoms with Crippen LogP contribution in [0.4, 0.5) is 0 Å². The van der Waals surface area contributed by atoms with Gasteiger partial charge in [0.25, 0.3) is 0 Å². The molecule has 1 N–H and O–H groups in total. The first-order valence-electron chi connectivity index (χ1n) is 7.95. The Balaban J connectivity index is 2.55. The van der Waals surface area contributed by atoms with Crippen molar-refractivity contribution in [2.24, 2.45) is 11.8 Å². The molecule has 0 fully saturated rings. The van der Waals surface area contributed by atoms with E-state index < -0.39 is 0 Å². The molecule has 0 radical (unpaired) electrons. The molecular formula is C18H30ClN. The van der Waals surface area contributed by atoms with Gasteiger partial charge in [-0.15, -0.1) is 0 Å². The molecule has 1 aromatic rings. The van der Waals surface area contributed by atoms with Gasteiger partial charge in [0.1, 0.15) is 0 Å². The van der Waals surface area contributed by atoms with Crippen LogP contribution in [0.2, 0.25) is 5.02 Å². The quantitative estimate of drug-likeness (QED) is 0.634. The minimum atomic E-state index is 0.602. The monoisotopic (exact) mass is 295 g/mol. The number of benzene rings is 1. The van der Waals surface area contributed by atoms with Crippen molar-refractivity contribution < 1.29 is 0 Å². The highest BCUT2D eigenvalue weighted by molar-refractivity contribution is 6.30. The zero-order chi connectivity index (χ0) is 15.0. The fourth-order valence-corrected chi connectivity index (χ4v) is 2.57. The third-order valence-corrected chi connectivity index (χ3v) is 3.87. The Bertz CT molecular complexity index is 342. The molecule has 0 saturated heterocycles.